The lowest BCUT2D eigenvalue weighted by Gasteiger charge is -2.63. The van der Waals surface area contributed by atoms with Gasteiger partial charge < -0.3 is 39.7 Å². The highest BCUT2D eigenvalue weighted by Crippen LogP contribution is 2.69. The number of carbonyl (C=O) groups is 3. The maximum absolute atomic E-state index is 13.4. The monoisotopic (exact) mass is 800 g/mol. The Balaban J connectivity index is 1.01. The minimum Gasteiger partial charge on any atom is -0.504 e. The Kier molecular flexibility index (Phi) is 10.4. The van der Waals surface area contributed by atoms with Gasteiger partial charge in [-0.25, -0.2) is 0 Å². The molecule has 312 valence electrons. The SMILES string of the molecule is O=C(O)CN1CCN(CCCn2c3c(c4ccccc42)C[C@@]2(O)[C@H]4Cc5ccc(O)c6c5[C@@]2(CCN4CC2CC2)[C@H]3O6)CCN(CC(=O)O)CCN(CC(=O)O)CC1. The Morgan fingerprint density at radius 3 is 1.97 bits per heavy atom. The van der Waals surface area contributed by atoms with E-state index < -0.39 is 35.0 Å². The second kappa shape index (κ2) is 15.4. The average molecular weight is 801 g/mol. The summed E-state index contributed by atoms with van der Waals surface area (Å²) in [6, 6.07) is 12.1. The molecule has 2 aromatic carbocycles. The van der Waals surface area contributed by atoms with Crippen LogP contribution in [-0.4, -0.2) is 176 Å². The Bertz CT molecular complexity index is 2060. The van der Waals surface area contributed by atoms with Crippen molar-refractivity contribution in [2.24, 2.45) is 5.92 Å². The molecule has 6 aliphatic rings. The molecule has 15 heteroatoms. The number of benzene rings is 2. The van der Waals surface area contributed by atoms with Gasteiger partial charge in [0.05, 0.1) is 36.3 Å². The van der Waals surface area contributed by atoms with Gasteiger partial charge in [-0.1, -0.05) is 24.3 Å². The van der Waals surface area contributed by atoms with Crippen LogP contribution in [0.1, 0.15) is 54.2 Å². The van der Waals surface area contributed by atoms with Crippen LogP contribution in [0.5, 0.6) is 11.5 Å². The smallest absolute Gasteiger partial charge is 0.317 e. The molecular weight excluding hydrogens is 745 g/mol. The Labute approximate surface area is 338 Å². The number of aliphatic hydroxyl groups is 1. The fraction of sp³-hybridized carbons (Fsp3) is 0.605. The van der Waals surface area contributed by atoms with Crippen molar-refractivity contribution < 1.29 is 44.7 Å². The molecule has 1 aromatic heterocycles. The lowest BCUT2D eigenvalue weighted by molar-refractivity contribution is -0.173. The number of aliphatic carboxylic acids is 3. The average Bonchev–Trinajstić information content (AvgIpc) is 3.85. The zero-order valence-corrected chi connectivity index (χ0v) is 33.1. The quantitative estimate of drug-likeness (QED) is 0.179. The summed E-state index contributed by atoms with van der Waals surface area (Å²) in [7, 11) is 0. The van der Waals surface area contributed by atoms with Crippen LogP contribution in [0, 0.1) is 5.92 Å². The summed E-state index contributed by atoms with van der Waals surface area (Å²) in [5.74, 6) is -1.54. The second-order valence-corrected chi connectivity index (χ2v) is 17.7. The number of aryl methyl sites for hydroxylation is 1. The first-order chi connectivity index (χ1) is 27.9. The number of fused-ring (bicyclic) bond motifs is 4. The van der Waals surface area contributed by atoms with Crippen molar-refractivity contribution in [2.45, 2.75) is 68.2 Å². The van der Waals surface area contributed by atoms with Crippen molar-refractivity contribution >= 4 is 28.8 Å². The molecule has 3 aliphatic carbocycles. The molecule has 3 fully saturated rings. The number of phenolic OH excluding ortho intramolecular Hbond substituents is 1. The van der Waals surface area contributed by atoms with E-state index in [1.165, 1.54) is 12.8 Å². The minimum atomic E-state index is -1.08. The van der Waals surface area contributed by atoms with Crippen molar-refractivity contribution in [3.8, 4) is 11.5 Å². The number of aromatic nitrogens is 1. The van der Waals surface area contributed by atoms with Crippen LogP contribution in [0.4, 0.5) is 0 Å². The largest absolute Gasteiger partial charge is 0.504 e. The fourth-order valence-electron chi connectivity index (χ4n) is 11.3. The first-order valence-electron chi connectivity index (χ1n) is 21.1. The first kappa shape index (κ1) is 39.2. The molecule has 0 amide bonds. The number of hydrogen-bond acceptors (Lipinski definition) is 11. The van der Waals surface area contributed by atoms with E-state index in [0.29, 0.717) is 83.5 Å². The van der Waals surface area contributed by atoms with E-state index in [9.17, 15) is 39.9 Å². The van der Waals surface area contributed by atoms with Gasteiger partial charge in [0.1, 0.15) is 0 Å². The molecule has 2 saturated heterocycles. The van der Waals surface area contributed by atoms with Gasteiger partial charge in [-0.3, -0.25) is 34.0 Å². The molecule has 4 atom stereocenters. The van der Waals surface area contributed by atoms with Gasteiger partial charge in [0.2, 0.25) is 0 Å². The maximum Gasteiger partial charge on any atom is 0.317 e. The Morgan fingerprint density at radius 1 is 0.759 bits per heavy atom. The first-order valence-corrected chi connectivity index (χ1v) is 21.1. The summed E-state index contributed by atoms with van der Waals surface area (Å²) in [4.78, 5) is 45.6. The Hall–Kier alpha value is -4.25. The molecule has 3 aromatic rings. The van der Waals surface area contributed by atoms with E-state index in [2.05, 4.69) is 38.6 Å². The molecule has 9 rings (SSSR count). The highest BCUT2D eigenvalue weighted by Gasteiger charge is 2.73. The normalized spacial score (nSPS) is 28.3. The van der Waals surface area contributed by atoms with Crippen LogP contribution in [0.2, 0.25) is 0 Å². The molecule has 5 N–H and O–H groups in total. The lowest BCUT2D eigenvalue weighted by Crippen LogP contribution is -2.74. The summed E-state index contributed by atoms with van der Waals surface area (Å²) in [5, 5.41) is 54.7. The summed E-state index contributed by atoms with van der Waals surface area (Å²) < 4.78 is 9.37. The molecule has 4 heterocycles. The molecule has 0 unspecified atom stereocenters. The van der Waals surface area contributed by atoms with Crippen LogP contribution >= 0.6 is 0 Å². The number of hydrogen-bond donors (Lipinski definition) is 5. The van der Waals surface area contributed by atoms with Crippen molar-refractivity contribution in [3.63, 3.8) is 0 Å². The number of ether oxygens (including phenoxy) is 1. The molecule has 2 bridgehead atoms. The Morgan fingerprint density at radius 2 is 1.36 bits per heavy atom. The van der Waals surface area contributed by atoms with Crippen molar-refractivity contribution in [1.82, 2.24) is 29.1 Å². The molecule has 1 spiro atoms. The molecular formula is C43H56N6O9. The third-order valence-electron chi connectivity index (χ3n) is 14.2. The predicted molar refractivity (Wildman–Crippen MR) is 213 cm³/mol. The molecule has 15 nitrogen and oxygen atoms in total. The van der Waals surface area contributed by atoms with Crippen LogP contribution in [-0.2, 0) is 39.2 Å². The molecule has 1 saturated carbocycles. The lowest BCUT2D eigenvalue weighted by atomic mass is 9.49. The van der Waals surface area contributed by atoms with Gasteiger partial charge >= 0.3 is 17.9 Å². The van der Waals surface area contributed by atoms with Gasteiger partial charge in [-0.2, -0.15) is 0 Å². The number of aromatic hydroxyl groups is 1. The third kappa shape index (κ3) is 6.92. The van der Waals surface area contributed by atoms with E-state index >= 15 is 0 Å². The van der Waals surface area contributed by atoms with E-state index in [4.69, 9.17) is 4.74 Å². The van der Waals surface area contributed by atoms with E-state index in [1.54, 1.807) is 11.0 Å². The number of piperidine rings is 1. The number of nitrogens with zero attached hydrogens (tertiary/aromatic N) is 6. The number of para-hydroxylation sites is 1. The van der Waals surface area contributed by atoms with Crippen molar-refractivity contribution in [1.29, 1.82) is 0 Å². The number of carboxylic acids is 3. The highest BCUT2D eigenvalue weighted by molar-refractivity contribution is 5.87. The number of carboxylic acid groups (broad SMARTS) is 3. The number of likely N-dealkylation sites (tertiary alicyclic amines) is 1. The molecule has 58 heavy (non-hydrogen) atoms. The minimum absolute atomic E-state index is 0.0540. The zero-order chi connectivity index (χ0) is 40.3. The fourth-order valence-corrected chi connectivity index (χ4v) is 11.3. The topological polar surface area (TPSA) is 183 Å². The van der Waals surface area contributed by atoms with Gasteiger partial charge in [0, 0.05) is 94.4 Å². The van der Waals surface area contributed by atoms with E-state index in [1.807, 2.05) is 15.9 Å². The predicted octanol–water partition coefficient (Wildman–Crippen LogP) is 1.91. The maximum atomic E-state index is 13.4. The van der Waals surface area contributed by atoms with Crippen molar-refractivity contribution in [2.75, 3.05) is 91.6 Å². The standard InChI is InChI=1S/C43H56N6O9/c50-33-9-8-29-22-34-43(57)23-31-30-4-1-2-5-32(30)49(39(31)41-42(43,38(29)40(33)58-41)10-13-48(34)24-28-6-7-28)12-3-11-44-14-16-45(25-35(51)52)18-20-47(27-37(55)56)21-19-46(17-15-44)26-36(53)54/h1-2,4-5,8-9,28,34,41,50,57H,3,6-7,10-27H2,(H,51,52)(H,53,54)(H,55,56)/t34-,41+,42+,43-/m1/s1. The highest BCUT2D eigenvalue weighted by atomic mass is 16.5. The summed E-state index contributed by atoms with van der Waals surface area (Å²) >= 11 is 0. The number of rotatable bonds is 12. The van der Waals surface area contributed by atoms with Gasteiger partial charge in [-0.05, 0) is 74.4 Å². The van der Waals surface area contributed by atoms with Gasteiger partial charge in [-0.15, -0.1) is 0 Å². The van der Waals surface area contributed by atoms with Crippen LogP contribution in [0.15, 0.2) is 36.4 Å². The summed E-state index contributed by atoms with van der Waals surface area (Å²) in [6.07, 6.45) is 4.74. The summed E-state index contributed by atoms with van der Waals surface area (Å²) in [5.41, 5.74) is 3.65. The second-order valence-electron chi connectivity index (χ2n) is 17.7. The van der Waals surface area contributed by atoms with Gasteiger partial charge in [0.25, 0.3) is 0 Å². The zero-order valence-electron chi connectivity index (χ0n) is 33.1. The van der Waals surface area contributed by atoms with Crippen LogP contribution < -0.4 is 4.74 Å². The van der Waals surface area contributed by atoms with Gasteiger partial charge in [0.15, 0.2) is 17.6 Å². The third-order valence-corrected chi connectivity index (χ3v) is 14.2. The molecule has 0 radical (unpaired) electrons. The van der Waals surface area contributed by atoms with Crippen LogP contribution in [0.3, 0.4) is 0 Å². The van der Waals surface area contributed by atoms with E-state index in [-0.39, 0.29) is 31.4 Å². The molecule has 3 aliphatic heterocycles. The van der Waals surface area contributed by atoms with Crippen molar-refractivity contribution in [3.05, 3.63) is 58.8 Å². The van der Waals surface area contributed by atoms with Crippen LogP contribution in [0.25, 0.3) is 10.9 Å². The summed E-state index contributed by atoms with van der Waals surface area (Å²) in [6.45, 7) is 6.23. The number of phenols is 1. The van der Waals surface area contributed by atoms with E-state index in [0.717, 1.165) is 65.6 Å².